The zero-order valence-corrected chi connectivity index (χ0v) is 12.9. The molecule has 0 saturated heterocycles. The Bertz CT molecular complexity index is 498. The molecule has 0 bridgehead atoms. The van der Waals surface area contributed by atoms with Crippen LogP contribution >= 0.6 is 0 Å². The Kier molecular flexibility index (Phi) is 6.21. The summed E-state index contributed by atoms with van der Waals surface area (Å²) in [6, 6.07) is 7.38. The van der Waals surface area contributed by atoms with E-state index in [1.165, 1.54) is 0 Å². The molecule has 0 unspecified atom stereocenters. The van der Waals surface area contributed by atoms with Gasteiger partial charge in [0.2, 0.25) is 0 Å². The summed E-state index contributed by atoms with van der Waals surface area (Å²) in [6.45, 7) is 5.72. The second-order valence-corrected chi connectivity index (χ2v) is 5.76. The maximum absolute atomic E-state index is 12.1. The summed E-state index contributed by atoms with van der Waals surface area (Å²) in [5.41, 5.74) is 1.33. The molecule has 0 spiro atoms. The van der Waals surface area contributed by atoms with Gasteiger partial charge in [0.25, 0.3) is 0 Å². The lowest BCUT2D eigenvalue weighted by Crippen LogP contribution is -2.45. The molecule has 1 aromatic rings. The maximum atomic E-state index is 12.1. The SMILES string of the molecule is CCCc1ccccc1NC(=O)NC(C)(C)CCC(=O)O. The largest absolute Gasteiger partial charge is 0.481 e. The van der Waals surface area contributed by atoms with Gasteiger partial charge in [-0.1, -0.05) is 31.5 Å². The molecule has 0 fully saturated rings. The Hall–Kier alpha value is -2.04. The van der Waals surface area contributed by atoms with Crippen LogP contribution in [0.4, 0.5) is 10.5 Å². The van der Waals surface area contributed by atoms with Crippen molar-refractivity contribution < 1.29 is 14.7 Å². The van der Waals surface area contributed by atoms with E-state index in [-0.39, 0.29) is 12.5 Å². The first-order chi connectivity index (χ1) is 9.84. The van der Waals surface area contributed by atoms with E-state index < -0.39 is 11.5 Å². The zero-order valence-electron chi connectivity index (χ0n) is 12.9. The highest BCUT2D eigenvalue weighted by Gasteiger charge is 2.21. The van der Waals surface area contributed by atoms with Crippen LogP contribution in [0.15, 0.2) is 24.3 Å². The predicted molar refractivity (Wildman–Crippen MR) is 83.5 cm³/mol. The van der Waals surface area contributed by atoms with Crippen LogP contribution in [-0.2, 0) is 11.2 Å². The summed E-state index contributed by atoms with van der Waals surface area (Å²) in [6.07, 6.45) is 2.31. The van der Waals surface area contributed by atoms with E-state index in [1.54, 1.807) is 0 Å². The van der Waals surface area contributed by atoms with Gasteiger partial charge in [-0.05, 0) is 38.3 Å². The van der Waals surface area contributed by atoms with Gasteiger partial charge >= 0.3 is 12.0 Å². The summed E-state index contributed by atoms with van der Waals surface area (Å²) >= 11 is 0. The number of amides is 2. The van der Waals surface area contributed by atoms with Crippen LogP contribution in [0.5, 0.6) is 0 Å². The first-order valence-electron chi connectivity index (χ1n) is 7.23. The summed E-state index contributed by atoms with van der Waals surface area (Å²) in [5.74, 6) is -0.862. The van der Waals surface area contributed by atoms with Crippen LogP contribution in [0.25, 0.3) is 0 Å². The Morgan fingerprint density at radius 2 is 1.90 bits per heavy atom. The zero-order chi connectivity index (χ0) is 15.9. The second kappa shape index (κ2) is 7.67. The molecule has 116 valence electrons. The Morgan fingerprint density at radius 1 is 1.24 bits per heavy atom. The van der Waals surface area contributed by atoms with Gasteiger partial charge in [-0.2, -0.15) is 0 Å². The smallest absolute Gasteiger partial charge is 0.319 e. The molecule has 0 aliphatic rings. The third kappa shape index (κ3) is 6.29. The molecule has 5 heteroatoms. The lowest BCUT2D eigenvalue weighted by Gasteiger charge is -2.26. The van der Waals surface area contributed by atoms with Crippen LogP contribution in [0, 0.1) is 0 Å². The number of carboxylic acids is 1. The number of anilines is 1. The number of aliphatic carboxylic acids is 1. The van der Waals surface area contributed by atoms with Gasteiger partial charge in [0.05, 0.1) is 0 Å². The number of carbonyl (C=O) groups is 2. The topological polar surface area (TPSA) is 78.4 Å². The average Bonchev–Trinajstić information content (AvgIpc) is 2.38. The normalized spacial score (nSPS) is 11.0. The van der Waals surface area contributed by atoms with Gasteiger partial charge in [-0.3, -0.25) is 4.79 Å². The molecule has 2 amide bonds. The van der Waals surface area contributed by atoms with Crippen LogP contribution in [0.2, 0.25) is 0 Å². The van der Waals surface area contributed by atoms with E-state index in [2.05, 4.69) is 17.6 Å². The number of hydrogen-bond donors (Lipinski definition) is 3. The second-order valence-electron chi connectivity index (χ2n) is 5.76. The minimum Gasteiger partial charge on any atom is -0.481 e. The molecule has 0 aliphatic heterocycles. The van der Waals surface area contributed by atoms with Crippen molar-refractivity contribution in [1.29, 1.82) is 0 Å². The van der Waals surface area contributed by atoms with Crippen LogP contribution < -0.4 is 10.6 Å². The monoisotopic (exact) mass is 292 g/mol. The molecule has 0 atom stereocenters. The van der Waals surface area contributed by atoms with Gasteiger partial charge < -0.3 is 15.7 Å². The first kappa shape index (κ1) is 17.0. The van der Waals surface area contributed by atoms with Gasteiger partial charge in [-0.25, -0.2) is 4.79 Å². The number of nitrogens with one attached hydrogen (secondary N) is 2. The lowest BCUT2D eigenvalue weighted by atomic mass is 9.99. The Labute approximate surface area is 125 Å². The molecule has 0 aromatic heterocycles. The Morgan fingerprint density at radius 3 is 2.52 bits per heavy atom. The number of urea groups is 1. The third-order valence-electron chi connectivity index (χ3n) is 3.20. The number of carbonyl (C=O) groups excluding carboxylic acids is 1. The molecule has 21 heavy (non-hydrogen) atoms. The van der Waals surface area contributed by atoms with Crippen molar-refractivity contribution in [3.63, 3.8) is 0 Å². The van der Waals surface area contributed by atoms with Crippen LogP contribution in [0.3, 0.4) is 0 Å². The highest BCUT2D eigenvalue weighted by molar-refractivity contribution is 5.90. The number of aryl methyl sites for hydroxylation is 1. The van der Waals surface area contributed by atoms with E-state index in [0.29, 0.717) is 6.42 Å². The molecule has 3 N–H and O–H groups in total. The summed E-state index contributed by atoms with van der Waals surface area (Å²) in [7, 11) is 0. The number of carboxylic acid groups (broad SMARTS) is 1. The predicted octanol–water partition coefficient (Wildman–Crippen LogP) is 3.40. The van der Waals surface area contributed by atoms with Gasteiger partial charge in [0.15, 0.2) is 0 Å². The number of benzene rings is 1. The third-order valence-corrected chi connectivity index (χ3v) is 3.20. The van der Waals surface area contributed by atoms with Gasteiger partial charge in [0, 0.05) is 17.6 Å². The fraction of sp³-hybridized carbons (Fsp3) is 0.500. The van der Waals surface area contributed by atoms with Crippen molar-refractivity contribution in [3.05, 3.63) is 29.8 Å². The number of hydrogen-bond acceptors (Lipinski definition) is 2. The number of para-hydroxylation sites is 1. The first-order valence-corrected chi connectivity index (χ1v) is 7.23. The molecule has 0 heterocycles. The highest BCUT2D eigenvalue weighted by Crippen LogP contribution is 2.17. The number of rotatable bonds is 7. The maximum Gasteiger partial charge on any atom is 0.319 e. The lowest BCUT2D eigenvalue weighted by molar-refractivity contribution is -0.137. The van der Waals surface area contributed by atoms with Crippen LogP contribution in [0.1, 0.15) is 45.6 Å². The summed E-state index contributed by atoms with van der Waals surface area (Å²) in [5, 5.41) is 14.4. The van der Waals surface area contributed by atoms with E-state index in [0.717, 1.165) is 24.1 Å². The molecular formula is C16H24N2O3. The summed E-state index contributed by atoms with van der Waals surface area (Å²) in [4.78, 5) is 22.7. The van der Waals surface area contributed by atoms with Crippen molar-refractivity contribution in [2.24, 2.45) is 0 Å². The minimum atomic E-state index is -0.862. The minimum absolute atomic E-state index is 0.0275. The standard InChI is InChI=1S/C16H24N2O3/c1-4-7-12-8-5-6-9-13(12)17-15(21)18-16(2,3)11-10-14(19)20/h5-6,8-9H,4,7,10-11H2,1-3H3,(H,19,20)(H2,17,18,21). The van der Waals surface area contributed by atoms with Crippen molar-refractivity contribution >= 4 is 17.7 Å². The summed E-state index contributed by atoms with van der Waals surface area (Å²) < 4.78 is 0. The fourth-order valence-electron chi connectivity index (χ4n) is 2.07. The molecule has 0 saturated carbocycles. The van der Waals surface area contributed by atoms with Gasteiger partial charge in [-0.15, -0.1) is 0 Å². The molecule has 0 radical (unpaired) electrons. The van der Waals surface area contributed by atoms with Crippen molar-refractivity contribution in [2.75, 3.05) is 5.32 Å². The molecule has 5 nitrogen and oxygen atoms in total. The van der Waals surface area contributed by atoms with E-state index in [1.807, 2.05) is 38.1 Å². The fourth-order valence-corrected chi connectivity index (χ4v) is 2.07. The van der Waals surface area contributed by atoms with E-state index in [4.69, 9.17) is 5.11 Å². The Balaban J connectivity index is 2.63. The van der Waals surface area contributed by atoms with Crippen molar-refractivity contribution in [2.45, 2.75) is 52.0 Å². The van der Waals surface area contributed by atoms with Crippen LogP contribution in [-0.4, -0.2) is 22.6 Å². The average molecular weight is 292 g/mol. The van der Waals surface area contributed by atoms with Crippen molar-refractivity contribution in [3.8, 4) is 0 Å². The highest BCUT2D eigenvalue weighted by atomic mass is 16.4. The van der Waals surface area contributed by atoms with E-state index in [9.17, 15) is 9.59 Å². The molecule has 0 aliphatic carbocycles. The quantitative estimate of drug-likeness (QED) is 0.720. The van der Waals surface area contributed by atoms with Crippen molar-refractivity contribution in [1.82, 2.24) is 5.32 Å². The van der Waals surface area contributed by atoms with Gasteiger partial charge in [0.1, 0.15) is 0 Å². The van der Waals surface area contributed by atoms with E-state index >= 15 is 0 Å². The molecule has 1 aromatic carbocycles. The molecule has 1 rings (SSSR count). The molecular weight excluding hydrogens is 268 g/mol.